The second-order valence-corrected chi connectivity index (χ2v) is 10.1. The Morgan fingerprint density at radius 1 is 1.36 bits per heavy atom. The van der Waals surface area contributed by atoms with Crippen LogP contribution in [0.15, 0.2) is 44.4 Å². The van der Waals surface area contributed by atoms with E-state index in [1.807, 2.05) is 0 Å². The molecule has 1 aromatic heterocycles. The number of sulfonamides is 1. The van der Waals surface area contributed by atoms with E-state index in [4.69, 9.17) is 4.74 Å². The Labute approximate surface area is 159 Å². The van der Waals surface area contributed by atoms with Crippen LogP contribution in [0.25, 0.3) is 0 Å². The lowest BCUT2D eigenvalue weighted by Crippen LogP contribution is -2.42. The number of halogens is 1. The van der Waals surface area contributed by atoms with Gasteiger partial charge >= 0.3 is 0 Å². The molecule has 1 aliphatic rings. The van der Waals surface area contributed by atoms with Crippen LogP contribution in [0.4, 0.5) is 5.69 Å². The highest BCUT2D eigenvalue weighted by molar-refractivity contribution is 9.11. The van der Waals surface area contributed by atoms with E-state index >= 15 is 0 Å². The highest BCUT2D eigenvalue weighted by atomic mass is 79.9. The first-order valence-electron chi connectivity index (χ1n) is 7.64. The van der Waals surface area contributed by atoms with Crippen LogP contribution in [0.1, 0.15) is 12.8 Å². The Balaban J connectivity index is 1.80. The molecular weight excluding hydrogens is 428 g/mol. The molecule has 1 atom stereocenters. The smallest absolute Gasteiger partial charge is 0.253 e. The Hall–Kier alpha value is -1.42. The standard InChI is InChI=1S/C16H17BrN2O4S2/c1-23-12-5-2-4-11(10-12)18-16(20)13-6-3-9-19(13)25(21,22)15-8-7-14(17)24-15/h2,4-5,7-8,10,13H,3,6,9H2,1H3,(H,18,20). The summed E-state index contributed by atoms with van der Waals surface area (Å²) in [4.78, 5) is 12.6. The molecule has 1 fully saturated rings. The van der Waals surface area contributed by atoms with Gasteiger partial charge in [-0.1, -0.05) is 6.07 Å². The van der Waals surface area contributed by atoms with E-state index in [-0.39, 0.29) is 10.1 Å². The van der Waals surface area contributed by atoms with E-state index in [1.54, 1.807) is 43.5 Å². The van der Waals surface area contributed by atoms with Crippen molar-refractivity contribution < 1.29 is 17.9 Å². The number of ether oxygens (including phenoxy) is 1. The number of hydrogen-bond donors (Lipinski definition) is 1. The number of benzene rings is 1. The summed E-state index contributed by atoms with van der Waals surface area (Å²) >= 11 is 4.42. The van der Waals surface area contributed by atoms with Gasteiger partial charge in [0.15, 0.2) is 0 Å². The second kappa shape index (κ2) is 7.45. The number of hydrogen-bond acceptors (Lipinski definition) is 5. The van der Waals surface area contributed by atoms with E-state index in [9.17, 15) is 13.2 Å². The molecule has 134 valence electrons. The Morgan fingerprint density at radius 3 is 2.84 bits per heavy atom. The zero-order chi connectivity index (χ0) is 18.0. The van der Waals surface area contributed by atoms with Crippen LogP contribution in [0.2, 0.25) is 0 Å². The normalized spacial score (nSPS) is 18.2. The number of nitrogens with zero attached hydrogens (tertiary/aromatic N) is 1. The van der Waals surface area contributed by atoms with Crippen molar-refractivity contribution in [3.8, 4) is 5.75 Å². The van der Waals surface area contributed by atoms with Gasteiger partial charge in [0.05, 0.1) is 10.9 Å². The topological polar surface area (TPSA) is 75.7 Å². The minimum Gasteiger partial charge on any atom is -0.497 e. The van der Waals surface area contributed by atoms with Gasteiger partial charge in [0.2, 0.25) is 5.91 Å². The van der Waals surface area contributed by atoms with Crippen molar-refractivity contribution in [3.63, 3.8) is 0 Å². The van der Waals surface area contributed by atoms with Crippen LogP contribution < -0.4 is 10.1 Å². The summed E-state index contributed by atoms with van der Waals surface area (Å²) in [7, 11) is -2.13. The predicted molar refractivity (Wildman–Crippen MR) is 101 cm³/mol. The van der Waals surface area contributed by atoms with Crippen molar-refractivity contribution in [2.45, 2.75) is 23.1 Å². The molecule has 0 saturated carbocycles. The van der Waals surface area contributed by atoms with Gasteiger partial charge in [-0.2, -0.15) is 4.31 Å². The van der Waals surface area contributed by atoms with Gasteiger partial charge in [-0.05, 0) is 53.0 Å². The zero-order valence-electron chi connectivity index (χ0n) is 13.4. The molecule has 1 N–H and O–H groups in total. The van der Waals surface area contributed by atoms with Gasteiger partial charge < -0.3 is 10.1 Å². The van der Waals surface area contributed by atoms with Gasteiger partial charge in [-0.3, -0.25) is 4.79 Å². The number of anilines is 1. The molecule has 3 rings (SSSR count). The van der Waals surface area contributed by atoms with Crippen molar-refractivity contribution in [2.75, 3.05) is 19.0 Å². The van der Waals surface area contributed by atoms with Crippen LogP contribution in [0.3, 0.4) is 0 Å². The van der Waals surface area contributed by atoms with E-state index in [1.165, 1.54) is 4.31 Å². The largest absolute Gasteiger partial charge is 0.497 e. The van der Waals surface area contributed by atoms with Crippen LogP contribution in [-0.2, 0) is 14.8 Å². The van der Waals surface area contributed by atoms with Gasteiger partial charge in [-0.25, -0.2) is 8.42 Å². The molecule has 1 aliphatic heterocycles. The van der Waals surface area contributed by atoms with Crippen molar-refractivity contribution >= 4 is 48.9 Å². The first-order valence-corrected chi connectivity index (χ1v) is 10.7. The Kier molecular flexibility index (Phi) is 5.47. The number of carbonyl (C=O) groups is 1. The third-order valence-corrected chi connectivity index (χ3v) is 7.95. The van der Waals surface area contributed by atoms with E-state index in [0.29, 0.717) is 30.8 Å². The molecule has 2 aromatic rings. The van der Waals surface area contributed by atoms with E-state index in [2.05, 4.69) is 21.2 Å². The Bertz CT molecular complexity index is 882. The molecule has 1 unspecified atom stereocenters. The fraction of sp³-hybridized carbons (Fsp3) is 0.312. The first kappa shape index (κ1) is 18.4. The molecular formula is C16H17BrN2O4S2. The lowest BCUT2D eigenvalue weighted by molar-refractivity contribution is -0.119. The van der Waals surface area contributed by atoms with Crippen molar-refractivity contribution in [3.05, 3.63) is 40.2 Å². The van der Waals surface area contributed by atoms with Crippen LogP contribution >= 0.6 is 27.3 Å². The second-order valence-electron chi connectivity index (χ2n) is 5.55. The lowest BCUT2D eigenvalue weighted by atomic mass is 10.2. The SMILES string of the molecule is COc1cccc(NC(=O)C2CCCN2S(=O)(=O)c2ccc(Br)s2)c1. The van der Waals surface area contributed by atoms with Gasteiger partial charge in [0, 0.05) is 18.3 Å². The maximum absolute atomic E-state index is 12.8. The molecule has 25 heavy (non-hydrogen) atoms. The number of thiophene rings is 1. The summed E-state index contributed by atoms with van der Waals surface area (Å²) in [6.45, 7) is 0.341. The summed E-state index contributed by atoms with van der Waals surface area (Å²) in [5, 5.41) is 2.79. The number of rotatable bonds is 5. The minimum atomic E-state index is -3.68. The minimum absolute atomic E-state index is 0.237. The molecule has 9 heteroatoms. The predicted octanol–water partition coefficient (Wildman–Crippen LogP) is 3.31. The average Bonchev–Trinajstić information content (AvgIpc) is 3.24. The van der Waals surface area contributed by atoms with Gasteiger partial charge in [0.25, 0.3) is 10.0 Å². The maximum Gasteiger partial charge on any atom is 0.253 e. The summed E-state index contributed by atoms with van der Waals surface area (Å²) in [6, 6.07) is 9.51. The van der Waals surface area contributed by atoms with E-state index in [0.717, 1.165) is 15.1 Å². The highest BCUT2D eigenvalue weighted by Gasteiger charge is 2.40. The lowest BCUT2D eigenvalue weighted by Gasteiger charge is -2.22. The number of carbonyl (C=O) groups excluding carboxylic acids is 1. The molecule has 0 spiro atoms. The van der Waals surface area contributed by atoms with Crippen LogP contribution in [0, 0.1) is 0 Å². The molecule has 1 saturated heterocycles. The molecule has 0 bridgehead atoms. The third kappa shape index (κ3) is 3.89. The van der Waals surface area contributed by atoms with Crippen molar-refractivity contribution in [1.29, 1.82) is 0 Å². The average molecular weight is 445 g/mol. The number of methoxy groups -OCH3 is 1. The molecule has 1 amide bonds. The summed E-state index contributed by atoms with van der Waals surface area (Å²) < 4.78 is 33.1. The molecule has 0 radical (unpaired) electrons. The molecule has 6 nitrogen and oxygen atoms in total. The quantitative estimate of drug-likeness (QED) is 0.767. The van der Waals surface area contributed by atoms with Crippen LogP contribution in [0.5, 0.6) is 5.75 Å². The summed E-state index contributed by atoms with van der Waals surface area (Å²) in [5.74, 6) is 0.294. The molecule has 0 aliphatic carbocycles. The van der Waals surface area contributed by atoms with Gasteiger partial charge in [-0.15, -0.1) is 11.3 Å². The highest BCUT2D eigenvalue weighted by Crippen LogP contribution is 2.32. The monoisotopic (exact) mass is 444 g/mol. The maximum atomic E-state index is 12.8. The van der Waals surface area contributed by atoms with Crippen LogP contribution in [-0.4, -0.2) is 38.3 Å². The van der Waals surface area contributed by atoms with E-state index < -0.39 is 16.1 Å². The third-order valence-electron chi connectivity index (χ3n) is 3.96. The molecule has 2 heterocycles. The summed E-state index contributed by atoms with van der Waals surface area (Å²) in [6.07, 6.45) is 1.16. The number of amides is 1. The number of nitrogens with one attached hydrogen (secondary N) is 1. The fourth-order valence-corrected chi connectivity index (χ4v) is 6.56. The first-order chi connectivity index (χ1) is 11.9. The summed E-state index contributed by atoms with van der Waals surface area (Å²) in [5.41, 5.74) is 0.576. The fourth-order valence-electron chi connectivity index (χ4n) is 2.77. The van der Waals surface area contributed by atoms with Crippen molar-refractivity contribution in [1.82, 2.24) is 4.31 Å². The van der Waals surface area contributed by atoms with Gasteiger partial charge in [0.1, 0.15) is 16.0 Å². The zero-order valence-corrected chi connectivity index (χ0v) is 16.7. The Morgan fingerprint density at radius 2 is 2.16 bits per heavy atom. The van der Waals surface area contributed by atoms with Crippen molar-refractivity contribution in [2.24, 2.45) is 0 Å². The molecule has 1 aromatic carbocycles.